The number of methoxy groups -OCH3 is 1. The lowest BCUT2D eigenvalue weighted by atomic mass is 9.91. The van der Waals surface area contributed by atoms with Gasteiger partial charge in [-0.15, -0.1) is 0 Å². The standard InChI is InChI=1S/C30H34F3N7O3S/c1-18-23-14-35-40(26(23)11-25(36-18)24-13-34-7-5-27(24)43-3)29-10-22(39-16-21(19(39)2)17-44(4,41)42)9-28(37-29)38-8-6-20(15-38)12-30(31,32)33/h5,7,9-11,13-14,19-21H,6,8,12,15-17H2,1-4H3/t19-,20?,21-/m1/s1. The Kier molecular flexibility index (Phi) is 7.67. The summed E-state index contributed by atoms with van der Waals surface area (Å²) >= 11 is 0. The average molecular weight is 630 g/mol. The van der Waals surface area contributed by atoms with E-state index in [2.05, 4.69) is 15.0 Å². The van der Waals surface area contributed by atoms with Gasteiger partial charge in [0.25, 0.3) is 0 Å². The first-order chi connectivity index (χ1) is 20.8. The van der Waals surface area contributed by atoms with E-state index in [1.807, 2.05) is 36.9 Å². The fourth-order valence-corrected chi connectivity index (χ4v) is 7.48. The van der Waals surface area contributed by atoms with Crippen molar-refractivity contribution >= 4 is 32.2 Å². The molecule has 0 bridgehead atoms. The lowest BCUT2D eigenvalue weighted by molar-refractivity contribution is -0.142. The van der Waals surface area contributed by atoms with Crippen molar-refractivity contribution in [2.75, 3.05) is 48.6 Å². The molecular weight excluding hydrogens is 595 g/mol. The lowest BCUT2D eigenvalue weighted by Crippen LogP contribution is -2.57. The number of ether oxygens (including phenoxy) is 1. The van der Waals surface area contributed by atoms with Gasteiger partial charge in [-0.3, -0.25) is 9.97 Å². The number of sulfone groups is 1. The van der Waals surface area contributed by atoms with E-state index in [9.17, 15) is 21.6 Å². The zero-order valence-corrected chi connectivity index (χ0v) is 25.7. The third-order valence-corrected chi connectivity index (χ3v) is 9.65. The Balaban J connectivity index is 1.42. The monoisotopic (exact) mass is 629 g/mol. The molecule has 0 spiro atoms. The molecule has 0 amide bonds. The molecule has 0 aromatic carbocycles. The molecule has 44 heavy (non-hydrogen) atoms. The lowest BCUT2D eigenvalue weighted by Gasteiger charge is -2.48. The van der Waals surface area contributed by atoms with Crippen molar-refractivity contribution in [1.29, 1.82) is 0 Å². The first kappa shape index (κ1) is 30.1. The van der Waals surface area contributed by atoms with Crippen LogP contribution >= 0.6 is 0 Å². The second-order valence-corrected chi connectivity index (χ2v) is 14.1. The number of pyridine rings is 3. The second kappa shape index (κ2) is 11.2. The van der Waals surface area contributed by atoms with Crippen LogP contribution in [0.15, 0.2) is 42.9 Å². The fraction of sp³-hybridized carbons (Fsp3) is 0.467. The van der Waals surface area contributed by atoms with Gasteiger partial charge in [-0.25, -0.2) is 18.1 Å². The molecular formula is C30H34F3N7O3S. The van der Waals surface area contributed by atoms with E-state index < -0.39 is 28.4 Å². The van der Waals surface area contributed by atoms with Crippen molar-refractivity contribution in [1.82, 2.24) is 24.7 Å². The average Bonchev–Trinajstić information content (AvgIpc) is 3.60. The number of aryl methyl sites for hydroxylation is 1. The number of alkyl halides is 3. The quantitative estimate of drug-likeness (QED) is 0.271. The Hall–Kier alpha value is -3.94. The van der Waals surface area contributed by atoms with Crippen molar-refractivity contribution in [3.05, 3.63) is 48.5 Å². The van der Waals surface area contributed by atoms with Gasteiger partial charge in [0.05, 0.1) is 35.8 Å². The summed E-state index contributed by atoms with van der Waals surface area (Å²) in [6, 6.07) is 7.39. The first-order valence-electron chi connectivity index (χ1n) is 14.4. The van der Waals surface area contributed by atoms with Crippen LogP contribution < -0.4 is 14.5 Å². The van der Waals surface area contributed by atoms with Gasteiger partial charge in [0.1, 0.15) is 21.4 Å². The van der Waals surface area contributed by atoms with Gasteiger partial charge in [0, 0.05) is 85.6 Å². The number of hydrogen-bond donors (Lipinski definition) is 0. The van der Waals surface area contributed by atoms with E-state index in [0.717, 1.165) is 22.3 Å². The third kappa shape index (κ3) is 6.04. The highest BCUT2D eigenvalue weighted by molar-refractivity contribution is 7.90. The van der Waals surface area contributed by atoms with Gasteiger partial charge in [0.2, 0.25) is 0 Å². The van der Waals surface area contributed by atoms with Crippen LogP contribution in [0, 0.1) is 18.8 Å². The Morgan fingerprint density at radius 2 is 1.86 bits per heavy atom. The summed E-state index contributed by atoms with van der Waals surface area (Å²) in [6.07, 6.45) is 1.66. The van der Waals surface area contributed by atoms with E-state index in [4.69, 9.17) is 14.7 Å². The summed E-state index contributed by atoms with van der Waals surface area (Å²) < 4.78 is 70.7. The van der Waals surface area contributed by atoms with Crippen molar-refractivity contribution in [2.24, 2.45) is 11.8 Å². The minimum atomic E-state index is -4.22. The van der Waals surface area contributed by atoms with Crippen LogP contribution in [-0.4, -0.2) is 84.1 Å². The van der Waals surface area contributed by atoms with E-state index in [1.165, 1.54) is 6.26 Å². The second-order valence-electron chi connectivity index (χ2n) is 11.9. The van der Waals surface area contributed by atoms with Gasteiger partial charge in [-0.1, -0.05) is 0 Å². The van der Waals surface area contributed by atoms with Crippen LogP contribution in [0.25, 0.3) is 28.0 Å². The zero-order valence-electron chi connectivity index (χ0n) is 24.9. The third-order valence-electron chi connectivity index (χ3n) is 8.62. The predicted octanol–water partition coefficient (Wildman–Crippen LogP) is 4.84. The number of nitrogens with zero attached hydrogens (tertiary/aromatic N) is 7. The molecule has 0 aliphatic carbocycles. The summed E-state index contributed by atoms with van der Waals surface area (Å²) in [4.78, 5) is 17.9. The van der Waals surface area contributed by atoms with Crippen molar-refractivity contribution < 1.29 is 26.3 Å². The molecule has 0 N–H and O–H groups in total. The molecule has 4 aromatic rings. The first-order valence-corrected chi connectivity index (χ1v) is 16.5. The van der Waals surface area contributed by atoms with Crippen molar-refractivity contribution in [2.45, 2.75) is 38.9 Å². The topological polar surface area (TPSA) is 106 Å². The number of fused-ring (bicyclic) bond motifs is 1. The summed E-state index contributed by atoms with van der Waals surface area (Å²) in [7, 11) is -1.56. The minimum Gasteiger partial charge on any atom is -0.496 e. The van der Waals surface area contributed by atoms with Crippen LogP contribution in [0.2, 0.25) is 0 Å². The Labute approximate surface area is 253 Å². The highest BCUT2D eigenvalue weighted by Gasteiger charge is 2.39. The maximum atomic E-state index is 13.2. The van der Waals surface area contributed by atoms with E-state index in [0.29, 0.717) is 48.2 Å². The number of rotatable bonds is 8. The number of halogens is 3. The van der Waals surface area contributed by atoms with E-state index >= 15 is 0 Å². The Bertz CT molecular complexity index is 1810. The van der Waals surface area contributed by atoms with E-state index in [-0.39, 0.29) is 24.3 Å². The maximum Gasteiger partial charge on any atom is 0.389 e. The molecule has 6 rings (SSSR count). The maximum absolute atomic E-state index is 13.2. The van der Waals surface area contributed by atoms with Gasteiger partial charge >= 0.3 is 6.18 Å². The van der Waals surface area contributed by atoms with Crippen LogP contribution in [0.4, 0.5) is 24.7 Å². The minimum absolute atomic E-state index is 0.0238. The predicted molar refractivity (Wildman–Crippen MR) is 162 cm³/mol. The van der Waals surface area contributed by atoms with Crippen LogP contribution in [0.5, 0.6) is 5.75 Å². The highest BCUT2D eigenvalue weighted by atomic mass is 32.2. The molecule has 2 aliphatic rings. The zero-order chi connectivity index (χ0) is 31.4. The molecule has 14 heteroatoms. The molecule has 2 saturated heterocycles. The van der Waals surface area contributed by atoms with Gasteiger partial charge < -0.3 is 14.5 Å². The highest BCUT2D eigenvalue weighted by Crippen LogP contribution is 2.38. The smallest absolute Gasteiger partial charge is 0.389 e. The summed E-state index contributed by atoms with van der Waals surface area (Å²) in [5.41, 5.74) is 3.67. The largest absolute Gasteiger partial charge is 0.496 e. The van der Waals surface area contributed by atoms with Crippen LogP contribution in [-0.2, 0) is 9.84 Å². The SMILES string of the molecule is COc1ccncc1-c1cc2c(cnn2-c2cc(N3C[C@H](CS(C)(=O)=O)[C@H]3C)cc(N3CCC(CC(F)(F)F)C3)n2)c(C)n1. The summed E-state index contributed by atoms with van der Waals surface area (Å²) in [5.74, 6) is 1.24. The van der Waals surface area contributed by atoms with Gasteiger partial charge in [0.15, 0.2) is 5.82 Å². The summed E-state index contributed by atoms with van der Waals surface area (Å²) in [5, 5.41) is 5.49. The molecule has 1 unspecified atom stereocenters. The number of anilines is 2. The molecule has 2 fully saturated rings. The van der Waals surface area contributed by atoms with Crippen LogP contribution in [0.1, 0.15) is 25.5 Å². The fourth-order valence-electron chi connectivity index (χ4n) is 6.32. The number of hydrogen-bond acceptors (Lipinski definition) is 9. The molecule has 4 aromatic heterocycles. The molecule has 6 heterocycles. The normalized spacial score (nSPS) is 20.8. The Morgan fingerprint density at radius 3 is 2.57 bits per heavy atom. The molecule has 10 nitrogen and oxygen atoms in total. The molecule has 0 radical (unpaired) electrons. The molecule has 3 atom stereocenters. The Morgan fingerprint density at radius 1 is 1.09 bits per heavy atom. The molecule has 234 valence electrons. The van der Waals surface area contributed by atoms with Crippen molar-refractivity contribution in [3.8, 4) is 22.8 Å². The van der Waals surface area contributed by atoms with Gasteiger partial charge in [-0.05, 0) is 38.3 Å². The van der Waals surface area contributed by atoms with E-state index in [1.54, 1.807) is 36.4 Å². The van der Waals surface area contributed by atoms with Gasteiger partial charge in [-0.2, -0.15) is 18.3 Å². The summed E-state index contributed by atoms with van der Waals surface area (Å²) in [6.45, 7) is 5.12. The molecule has 2 aliphatic heterocycles. The van der Waals surface area contributed by atoms with Crippen LogP contribution in [0.3, 0.4) is 0 Å². The van der Waals surface area contributed by atoms with Crippen molar-refractivity contribution in [3.63, 3.8) is 0 Å². The number of aromatic nitrogens is 5. The molecule has 0 saturated carbocycles.